The number of anilines is 1. The molecule has 29 heavy (non-hydrogen) atoms. The Hall–Kier alpha value is -3.40. The monoisotopic (exact) mass is 399 g/mol. The Morgan fingerprint density at radius 2 is 1.86 bits per heavy atom. The number of hydrogen-bond donors (Lipinski definition) is 2. The Labute approximate surface area is 166 Å². The summed E-state index contributed by atoms with van der Waals surface area (Å²) in [6.45, 7) is 3.91. The highest BCUT2D eigenvalue weighted by molar-refractivity contribution is 6.05. The first-order valence-corrected chi connectivity index (χ1v) is 9.26. The number of aromatic nitrogens is 2. The van der Waals surface area contributed by atoms with Crippen molar-refractivity contribution < 1.29 is 23.9 Å². The molecule has 152 valence electrons. The van der Waals surface area contributed by atoms with Gasteiger partial charge < -0.3 is 19.7 Å². The molecule has 0 atom stereocenters. The zero-order valence-electron chi connectivity index (χ0n) is 15.9. The van der Waals surface area contributed by atoms with Crippen molar-refractivity contribution in [3.8, 4) is 11.5 Å². The van der Waals surface area contributed by atoms with Crippen molar-refractivity contribution in [2.75, 3.05) is 44.8 Å². The summed E-state index contributed by atoms with van der Waals surface area (Å²) in [5.41, 5.74) is 1.30. The average Bonchev–Trinajstić information content (AvgIpc) is 3.39. The van der Waals surface area contributed by atoms with Crippen LogP contribution in [0.5, 0.6) is 11.5 Å². The molecule has 1 fully saturated rings. The van der Waals surface area contributed by atoms with E-state index in [4.69, 9.17) is 9.47 Å². The summed E-state index contributed by atoms with van der Waals surface area (Å²) in [4.78, 5) is 40.5. The smallest absolute Gasteiger partial charge is 0.257 e. The first-order chi connectivity index (χ1) is 14.0. The summed E-state index contributed by atoms with van der Waals surface area (Å²) in [5.74, 6) is 0.503. The zero-order chi connectivity index (χ0) is 20.4. The Balaban J connectivity index is 1.34. The molecule has 2 amide bonds. The number of nitrogens with zero attached hydrogens (tertiary/aromatic N) is 3. The van der Waals surface area contributed by atoms with E-state index in [0.29, 0.717) is 54.5 Å². The second-order valence-corrected chi connectivity index (χ2v) is 6.91. The molecule has 3 heterocycles. The van der Waals surface area contributed by atoms with Gasteiger partial charge in [0.1, 0.15) is 0 Å². The van der Waals surface area contributed by atoms with Gasteiger partial charge in [0.2, 0.25) is 12.7 Å². The largest absolute Gasteiger partial charge is 0.454 e. The number of amides is 2. The van der Waals surface area contributed by atoms with E-state index in [1.54, 1.807) is 23.2 Å². The van der Waals surface area contributed by atoms with E-state index >= 15 is 0 Å². The van der Waals surface area contributed by atoms with Crippen LogP contribution in [0.25, 0.3) is 0 Å². The minimum Gasteiger partial charge on any atom is -0.454 e. The van der Waals surface area contributed by atoms with Crippen molar-refractivity contribution in [3.05, 3.63) is 35.7 Å². The summed E-state index contributed by atoms with van der Waals surface area (Å²) in [5, 5.41) is 9.23. The van der Waals surface area contributed by atoms with Crippen LogP contribution in [0.15, 0.2) is 24.5 Å². The maximum Gasteiger partial charge on any atom is 0.257 e. The van der Waals surface area contributed by atoms with Crippen molar-refractivity contribution in [1.82, 2.24) is 20.0 Å². The number of hydrogen-bond acceptors (Lipinski definition) is 7. The van der Waals surface area contributed by atoms with Gasteiger partial charge in [-0.2, -0.15) is 5.10 Å². The van der Waals surface area contributed by atoms with Crippen LogP contribution < -0.4 is 14.8 Å². The highest BCUT2D eigenvalue weighted by Gasteiger charge is 2.25. The maximum atomic E-state index is 12.5. The van der Waals surface area contributed by atoms with Gasteiger partial charge in [0.15, 0.2) is 17.3 Å². The van der Waals surface area contributed by atoms with Crippen LogP contribution in [0.2, 0.25) is 0 Å². The number of benzene rings is 1. The highest BCUT2D eigenvalue weighted by atomic mass is 16.7. The lowest BCUT2D eigenvalue weighted by Gasteiger charge is -2.34. The number of Topliss-reactive ketones (excluding diaryl/α,β-unsaturated/α-hetero) is 1. The van der Waals surface area contributed by atoms with Crippen LogP contribution in [0.4, 0.5) is 5.69 Å². The minimum atomic E-state index is -0.235. The van der Waals surface area contributed by atoms with Crippen LogP contribution >= 0.6 is 0 Å². The lowest BCUT2D eigenvalue weighted by molar-refractivity contribution is -0.117. The number of ketones is 1. The van der Waals surface area contributed by atoms with Gasteiger partial charge in [-0.25, -0.2) is 0 Å². The van der Waals surface area contributed by atoms with Gasteiger partial charge >= 0.3 is 0 Å². The fourth-order valence-electron chi connectivity index (χ4n) is 3.39. The average molecular weight is 399 g/mol. The number of aromatic amines is 1. The number of rotatable bonds is 5. The zero-order valence-corrected chi connectivity index (χ0v) is 15.9. The van der Waals surface area contributed by atoms with Crippen LogP contribution in [0.3, 0.4) is 0 Å². The Morgan fingerprint density at radius 1 is 1.14 bits per heavy atom. The third-order valence-electron chi connectivity index (χ3n) is 4.94. The molecule has 0 saturated carbocycles. The molecule has 2 N–H and O–H groups in total. The van der Waals surface area contributed by atoms with Crippen molar-refractivity contribution in [1.29, 1.82) is 0 Å². The second kappa shape index (κ2) is 7.92. The predicted octanol–water partition coefficient (Wildman–Crippen LogP) is 0.737. The number of fused-ring (bicyclic) bond motifs is 1. The molecule has 0 aliphatic carbocycles. The van der Waals surface area contributed by atoms with E-state index in [-0.39, 0.29) is 30.9 Å². The normalized spacial score (nSPS) is 16.0. The van der Waals surface area contributed by atoms with E-state index in [9.17, 15) is 14.4 Å². The third-order valence-corrected chi connectivity index (χ3v) is 4.94. The van der Waals surface area contributed by atoms with Crippen LogP contribution in [0, 0.1) is 0 Å². The summed E-state index contributed by atoms with van der Waals surface area (Å²) in [6, 6.07) is 3.19. The number of carbonyl (C=O) groups excluding carboxylic acids is 3. The van der Waals surface area contributed by atoms with Gasteiger partial charge in [-0.3, -0.25) is 24.4 Å². The molecule has 10 heteroatoms. The van der Waals surface area contributed by atoms with Gasteiger partial charge in [-0.15, -0.1) is 0 Å². The molecule has 0 unspecified atom stereocenters. The molecule has 0 spiro atoms. The summed E-state index contributed by atoms with van der Waals surface area (Å²) in [7, 11) is 0. The number of piperazine rings is 1. The third kappa shape index (κ3) is 4.06. The van der Waals surface area contributed by atoms with Crippen molar-refractivity contribution >= 4 is 23.3 Å². The number of carbonyl (C=O) groups is 3. The first-order valence-electron chi connectivity index (χ1n) is 9.26. The molecule has 10 nitrogen and oxygen atoms in total. The quantitative estimate of drug-likeness (QED) is 0.712. The van der Waals surface area contributed by atoms with Crippen LogP contribution in [-0.4, -0.2) is 77.1 Å². The first kappa shape index (κ1) is 18.9. The van der Waals surface area contributed by atoms with Gasteiger partial charge in [0.05, 0.1) is 24.0 Å². The van der Waals surface area contributed by atoms with Crippen LogP contribution in [0.1, 0.15) is 27.6 Å². The molecule has 2 aliphatic heterocycles. The van der Waals surface area contributed by atoms with Crippen molar-refractivity contribution in [2.45, 2.75) is 6.92 Å². The SMILES string of the molecule is CC(=O)c1cc2c(cc1NC(=O)CN1CCN(C(=O)c3cn[nH]c3)CC1)OCO2. The molecule has 1 saturated heterocycles. The second-order valence-electron chi connectivity index (χ2n) is 6.91. The van der Waals surface area contributed by atoms with E-state index in [2.05, 4.69) is 15.5 Å². The fraction of sp³-hybridized carbons (Fsp3) is 0.368. The molecule has 0 radical (unpaired) electrons. The van der Waals surface area contributed by atoms with E-state index in [0.717, 1.165) is 0 Å². The molecule has 1 aromatic heterocycles. The molecule has 2 aliphatic rings. The maximum absolute atomic E-state index is 12.5. The van der Waals surface area contributed by atoms with E-state index < -0.39 is 0 Å². The number of H-pyrrole nitrogens is 1. The Kier molecular flexibility index (Phi) is 5.17. The van der Waals surface area contributed by atoms with Gasteiger partial charge in [0, 0.05) is 44.0 Å². The van der Waals surface area contributed by atoms with E-state index in [1.165, 1.54) is 13.1 Å². The van der Waals surface area contributed by atoms with Gasteiger partial charge in [0.25, 0.3) is 5.91 Å². The van der Waals surface area contributed by atoms with Crippen molar-refractivity contribution in [3.63, 3.8) is 0 Å². The van der Waals surface area contributed by atoms with Gasteiger partial charge in [-0.05, 0) is 13.0 Å². The Bertz CT molecular complexity index is 935. The number of nitrogens with one attached hydrogen (secondary N) is 2. The van der Waals surface area contributed by atoms with Crippen molar-refractivity contribution in [2.24, 2.45) is 0 Å². The summed E-state index contributed by atoms with van der Waals surface area (Å²) < 4.78 is 10.6. The molecule has 0 bridgehead atoms. The van der Waals surface area contributed by atoms with E-state index in [1.807, 2.05) is 4.90 Å². The highest BCUT2D eigenvalue weighted by Crippen LogP contribution is 2.37. The summed E-state index contributed by atoms with van der Waals surface area (Å²) >= 11 is 0. The minimum absolute atomic E-state index is 0.0747. The van der Waals surface area contributed by atoms with Gasteiger partial charge in [-0.1, -0.05) is 0 Å². The lowest BCUT2D eigenvalue weighted by Crippen LogP contribution is -2.50. The fourth-order valence-corrected chi connectivity index (χ4v) is 3.39. The molecular weight excluding hydrogens is 378 g/mol. The molecular formula is C19H21N5O5. The topological polar surface area (TPSA) is 117 Å². The van der Waals surface area contributed by atoms with Crippen LogP contribution in [-0.2, 0) is 4.79 Å². The Morgan fingerprint density at radius 3 is 2.52 bits per heavy atom. The lowest BCUT2D eigenvalue weighted by atomic mass is 10.1. The molecule has 4 rings (SSSR count). The summed E-state index contributed by atoms with van der Waals surface area (Å²) in [6.07, 6.45) is 3.07. The molecule has 1 aromatic carbocycles. The molecule has 2 aromatic rings. The number of ether oxygens (including phenoxy) is 2. The predicted molar refractivity (Wildman–Crippen MR) is 102 cm³/mol. The standard InChI is InChI=1S/C19H21N5O5/c1-12(25)14-6-16-17(29-11-28-16)7-15(14)22-18(26)10-23-2-4-24(5-3-23)19(27)13-8-20-21-9-13/h6-9H,2-5,10-11H2,1H3,(H,20,21)(H,22,26).